The first-order valence-corrected chi connectivity index (χ1v) is 4.35. The monoisotopic (exact) mass is 165 g/mol. The van der Waals surface area contributed by atoms with Gasteiger partial charge in [-0.15, -0.1) is 0 Å². The Hall–Kier alpha value is -0.960. The zero-order chi connectivity index (χ0) is 8.81. The van der Waals surface area contributed by atoms with Crippen LogP contribution in [-0.2, 0) is 0 Å². The maximum Gasteiger partial charge on any atom is 0.115 e. The summed E-state index contributed by atoms with van der Waals surface area (Å²) >= 11 is 0. The van der Waals surface area contributed by atoms with Crippen LogP contribution in [0.2, 0.25) is 0 Å². The molecule has 2 N–H and O–H groups in total. The highest BCUT2D eigenvalue weighted by atomic mass is 14.8. The first-order valence-electron chi connectivity index (χ1n) is 4.35. The summed E-state index contributed by atoms with van der Waals surface area (Å²) in [5.41, 5.74) is 6.93. The van der Waals surface area contributed by atoms with E-state index >= 15 is 0 Å². The van der Waals surface area contributed by atoms with Crippen LogP contribution in [0.3, 0.4) is 0 Å². The Morgan fingerprint density at radius 3 is 2.67 bits per heavy atom. The van der Waals surface area contributed by atoms with Gasteiger partial charge in [0.1, 0.15) is 6.33 Å². The van der Waals surface area contributed by atoms with Crippen LogP contribution in [-0.4, -0.2) is 9.97 Å². The zero-order valence-electron chi connectivity index (χ0n) is 7.40. The highest BCUT2D eigenvalue weighted by Gasteiger charge is 2.04. The Labute approximate surface area is 73.0 Å². The molecule has 0 fully saturated rings. The van der Waals surface area contributed by atoms with Gasteiger partial charge in [-0.25, -0.2) is 9.97 Å². The molecule has 0 radical (unpaired) electrons. The molecule has 3 heteroatoms. The van der Waals surface area contributed by atoms with E-state index in [1.807, 2.05) is 0 Å². The van der Waals surface area contributed by atoms with Crippen molar-refractivity contribution >= 4 is 0 Å². The van der Waals surface area contributed by atoms with E-state index in [1.54, 1.807) is 12.4 Å². The maximum absolute atomic E-state index is 5.90. The second kappa shape index (κ2) is 4.83. The van der Waals surface area contributed by atoms with Crippen LogP contribution in [0, 0.1) is 0 Å². The minimum Gasteiger partial charge on any atom is -0.324 e. The van der Waals surface area contributed by atoms with Gasteiger partial charge in [-0.3, -0.25) is 0 Å². The lowest BCUT2D eigenvalue weighted by Gasteiger charge is -2.09. The molecule has 1 aromatic heterocycles. The molecule has 1 unspecified atom stereocenters. The summed E-state index contributed by atoms with van der Waals surface area (Å²) < 4.78 is 0. The first kappa shape index (κ1) is 9.13. The third kappa shape index (κ3) is 2.58. The highest BCUT2D eigenvalue weighted by Crippen LogP contribution is 2.13. The maximum atomic E-state index is 5.90. The number of hydrogen-bond donors (Lipinski definition) is 1. The quantitative estimate of drug-likeness (QED) is 0.738. The average Bonchev–Trinajstić information content (AvgIpc) is 2.15. The molecule has 3 nitrogen and oxygen atoms in total. The smallest absolute Gasteiger partial charge is 0.115 e. The van der Waals surface area contributed by atoms with Crippen molar-refractivity contribution in [2.24, 2.45) is 5.73 Å². The number of hydrogen-bond acceptors (Lipinski definition) is 3. The number of nitrogens with two attached hydrogens (primary N) is 1. The van der Waals surface area contributed by atoms with E-state index in [2.05, 4.69) is 16.9 Å². The molecular formula is C9H15N3. The van der Waals surface area contributed by atoms with Gasteiger partial charge in [-0.1, -0.05) is 19.8 Å². The molecule has 1 rings (SSSR count). The van der Waals surface area contributed by atoms with Gasteiger partial charge >= 0.3 is 0 Å². The zero-order valence-corrected chi connectivity index (χ0v) is 7.40. The molecule has 1 atom stereocenters. The standard InChI is InChI=1S/C9H15N3/c1-2-3-4-9(10)8-5-11-7-12-6-8/h5-7,9H,2-4,10H2,1H3. The number of aromatic nitrogens is 2. The molecule has 1 heterocycles. The summed E-state index contributed by atoms with van der Waals surface area (Å²) in [6, 6.07) is 0.103. The molecular weight excluding hydrogens is 150 g/mol. The van der Waals surface area contributed by atoms with E-state index in [9.17, 15) is 0 Å². The van der Waals surface area contributed by atoms with Crippen LogP contribution < -0.4 is 5.73 Å². The molecule has 0 bridgehead atoms. The summed E-state index contributed by atoms with van der Waals surface area (Å²) in [5, 5.41) is 0. The molecule has 0 spiro atoms. The van der Waals surface area contributed by atoms with Crippen molar-refractivity contribution in [3.8, 4) is 0 Å². The Morgan fingerprint density at radius 2 is 2.08 bits per heavy atom. The van der Waals surface area contributed by atoms with Gasteiger partial charge in [0.05, 0.1) is 0 Å². The van der Waals surface area contributed by atoms with Crippen molar-refractivity contribution < 1.29 is 0 Å². The molecule has 0 amide bonds. The van der Waals surface area contributed by atoms with Crippen LogP contribution in [0.4, 0.5) is 0 Å². The lowest BCUT2D eigenvalue weighted by Crippen LogP contribution is -2.10. The van der Waals surface area contributed by atoms with Crippen molar-refractivity contribution in [2.75, 3.05) is 0 Å². The van der Waals surface area contributed by atoms with Gasteiger partial charge in [-0.2, -0.15) is 0 Å². The number of nitrogens with zero attached hydrogens (tertiary/aromatic N) is 2. The SMILES string of the molecule is CCCCC(N)c1cncnc1. The number of rotatable bonds is 4. The number of unbranched alkanes of at least 4 members (excludes halogenated alkanes) is 1. The fraction of sp³-hybridized carbons (Fsp3) is 0.556. The van der Waals surface area contributed by atoms with E-state index in [-0.39, 0.29) is 6.04 Å². The van der Waals surface area contributed by atoms with E-state index in [1.165, 1.54) is 12.7 Å². The summed E-state index contributed by atoms with van der Waals surface area (Å²) in [5.74, 6) is 0. The summed E-state index contributed by atoms with van der Waals surface area (Å²) in [6.45, 7) is 2.16. The Balaban J connectivity index is 2.48. The largest absolute Gasteiger partial charge is 0.324 e. The molecule has 12 heavy (non-hydrogen) atoms. The predicted molar refractivity (Wildman–Crippen MR) is 48.5 cm³/mol. The Kier molecular flexibility index (Phi) is 3.67. The minimum atomic E-state index is 0.103. The molecule has 0 aliphatic carbocycles. The Morgan fingerprint density at radius 1 is 1.42 bits per heavy atom. The summed E-state index contributed by atoms with van der Waals surface area (Å²) in [7, 11) is 0. The van der Waals surface area contributed by atoms with E-state index in [0.29, 0.717) is 0 Å². The summed E-state index contributed by atoms with van der Waals surface area (Å²) in [4.78, 5) is 7.85. The van der Waals surface area contributed by atoms with Crippen molar-refractivity contribution in [3.63, 3.8) is 0 Å². The third-order valence-corrected chi connectivity index (χ3v) is 1.88. The van der Waals surface area contributed by atoms with Gasteiger partial charge in [0.2, 0.25) is 0 Å². The second-order valence-electron chi connectivity index (χ2n) is 2.92. The fourth-order valence-electron chi connectivity index (χ4n) is 1.09. The van der Waals surface area contributed by atoms with E-state index in [0.717, 1.165) is 18.4 Å². The van der Waals surface area contributed by atoms with Crippen LogP contribution in [0.1, 0.15) is 37.8 Å². The first-order chi connectivity index (χ1) is 5.84. The minimum absolute atomic E-state index is 0.103. The van der Waals surface area contributed by atoms with Crippen molar-refractivity contribution in [3.05, 3.63) is 24.3 Å². The molecule has 0 saturated heterocycles. The normalized spacial score (nSPS) is 12.8. The molecule has 0 aromatic carbocycles. The van der Waals surface area contributed by atoms with Crippen molar-refractivity contribution in [1.29, 1.82) is 0 Å². The molecule has 0 saturated carbocycles. The van der Waals surface area contributed by atoms with Crippen molar-refractivity contribution in [1.82, 2.24) is 9.97 Å². The van der Waals surface area contributed by atoms with Crippen LogP contribution >= 0.6 is 0 Å². The lowest BCUT2D eigenvalue weighted by atomic mass is 10.1. The molecule has 1 aromatic rings. The van der Waals surface area contributed by atoms with Crippen LogP contribution in [0.25, 0.3) is 0 Å². The molecule has 0 aliphatic rings. The van der Waals surface area contributed by atoms with E-state index in [4.69, 9.17) is 5.73 Å². The van der Waals surface area contributed by atoms with Crippen LogP contribution in [0.5, 0.6) is 0 Å². The van der Waals surface area contributed by atoms with Gasteiger partial charge in [0.15, 0.2) is 0 Å². The van der Waals surface area contributed by atoms with Gasteiger partial charge < -0.3 is 5.73 Å². The molecule has 0 aliphatic heterocycles. The van der Waals surface area contributed by atoms with E-state index < -0.39 is 0 Å². The van der Waals surface area contributed by atoms with Gasteiger partial charge in [0, 0.05) is 24.0 Å². The predicted octanol–water partition coefficient (Wildman–Crippen LogP) is 1.67. The van der Waals surface area contributed by atoms with Gasteiger partial charge in [-0.05, 0) is 6.42 Å². The van der Waals surface area contributed by atoms with Gasteiger partial charge in [0.25, 0.3) is 0 Å². The average molecular weight is 165 g/mol. The fourth-order valence-corrected chi connectivity index (χ4v) is 1.09. The lowest BCUT2D eigenvalue weighted by molar-refractivity contribution is 0.599. The summed E-state index contributed by atoms with van der Waals surface area (Å²) in [6.07, 6.45) is 8.46. The molecule has 66 valence electrons. The topological polar surface area (TPSA) is 51.8 Å². The third-order valence-electron chi connectivity index (χ3n) is 1.88. The second-order valence-corrected chi connectivity index (χ2v) is 2.92. The van der Waals surface area contributed by atoms with Crippen LogP contribution in [0.15, 0.2) is 18.7 Å². The van der Waals surface area contributed by atoms with Crippen molar-refractivity contribution in [2.45, 2.75) is 32.2 Å². The Bertz CT molecular complexity index is 210. The highest BCUT2D eigenvalue weighted by molar-refractivity contribution is 5.07.